The van der Waals surface area contributed by atoms with Crippen molar-refractivity contribution in [3.8, 4) is 0 Å². The highest BCUT2D eigenvalue weighted by Gasteiger charge is 2.12. The lowest BCUT2D eigenvalue weighted by molar-refractivity contribution is 0.0992. The second-order valence-electron chi connectivity index (χ2n) is 2.90. The highest BCUT2D eigenvalue weighted by Crippen LogP contribution is 2.14. The number of nitrogens with two attached hydrogens (primary N) is 1. The van der Waals surface area contributed by atoms with Crippen molar-refractivity contribution in [2.45, 2.75) is 19.8 Å². The third-order valence-electron chi connectivity index (χ3n) is 1.57. The molecule has 0 saturated heterocycles. The maximum Gasteiger partial charge on any atom is 0.198 e. The molecule has 4 nitrogen and oxygen atoms in total. The van der Waals surface area contributed by atoms with E-state index in [0.717, 1.165) is 0 Å². The maximum atomic E-state index is 11.0. The molecule has 1 aromatic heterocycles. The van der Waals surface area contributed by atoms with Crippen molar-refractivity contribution in [2.75, 3.05) is 6.54 Å². The molecule has 12 heavy (non-hydrogen) atoms. The Morgan fingerprint density at radius 3 is 2.83 bits per heavy atom. The van der Waals surface area contributed by atoms with Crippen LogP contribution in [-0.2, 0) is 0 Å². The highest BCUT2D eigenvalue weighted by molar-refractivity contribution is 5.95. The van der Waals surface area contributed by atoms with Gasteiger partial charge in [-0.1, -0.05) is 19.0 Å². The number of ketones is 1. The maximum absolute atomic E-state index is 11.0. The van der Waals surface area contributed by atoms with E-state index >= 15 is 0 Å². The molecule has 0 fully saturated rings. The fraction of sp³-hybridized carbons (Fsp3) is 0.500. The monoisotopic (exact) mass is 168 g/mol. The first-order valence-electron chi connectivity index (χ1n) is 3.85. The molecule has 0 spiro atoms. The van der Waals surface area contributed by atoms with Gasteiger partial charge < -0.3 is 10.3 Å². The molecule has 0 amide bonds. The third-order valence-corrected chi connectivity index (χ3v) is 1.57. The van der Waals surface area contributed by atoms with E-state index in [9.17, 15) is 4.79 Å². The van der Waals surface area contributed by atoms with Gasteiger partial charge in [0.15, 0.2) is 11.5 Å². The Kier molecular flexibility index (Phi) is 2.60. The predicted molar refractivity (Wildman–Crippen MR) is 44.0 cm³/mol. The highest BCUT2D eigenvalue weighted by atomic mass is 16.5. The number of carbonyl (C=O) groups excluding carboxylic acids is 1. The van der Waals surface area contributed by atoms with Crippen molar-refractivity contribution in [3.63, 3.8) is 0 Å². The van der Waals surface area contributed by atoms with Gasteiger partial charge in [0.2, 0.25) is 0 Å². The molecular formula is C8H12N2O2. The summed E-state index contributed by atoms with van der Waals surface area (Å²) in [5.74, 6) is 0.772. The molecule has 1 heterocycles. The van der Waals surface area contributed by atoms with Gasteiger partial charge in [0, 0.05) is 12.0 Å². The summed E-state index contributed by atoms with van der Waals surface area (Å²) in [4.78, 5) is 11.0. The number of nitrogens with zero attached hydrogens (tertiary/aromatic N) is 1. The molecule has 2 N–H and O–H groups in total. The number of Topliss-reactive ketones (excluding diaryl/α,β-unsaturated/α-hetero) is 1. The van der Waals surface area contributed by atoms with Crippen LogP contribution >= 0.6 is 0 Å². The molecule has 4 heteroatoms. The summed E-state index contributed by atoms with van der Waals surface area (Å²) < 4.78 is 4.92. The van der Waals surface area contributed by atoms with Crippen molar-refractivity contribution >= 4 is 5.78 Å². The lowest BCUT2D eigenvalue weighted by Crippen LogP contribution is -2.13. The number of aromatic nitrogens is 1. The second kappa shape index (κ2) is 3.49. The molecule has 0 aliphatic carbocycles. The summed E-state index contributed by atoms with van der Waals surface area (Å²) in [7, 11) is 0. The van der Waals surface area contributed by atoms with Gasteiger partial charge in [-0.05, 0) is 0 Å². The summed E-state index contributed by atoms with van der Waals surface area (Å²) in [5, 5.41) is 3.60. The summed E-state index contributed by atoms with van der Waals surface area (Å²) in [6.07, 6.45) is 0. The molecule has 0 radical (unpaired) electrons. The van der Waals surface area contributed by atoms with Crippen LogP contribution in [0, 0.1) is 0 Å². The van der Waals surface area contributed by atoms with Crippen LogP contribution in [0.5, 0.6) is 0 Å². The largest absolute Gasteiger partial charge is 0.360 e. The number of hydrogen-bond acceptors (Lipinski definition) is 4. The smallest absolute Gasteiger partial charge is 0.198 e. The third kappa shape index (κ3) is 1.71. The first-order valence-corrected chi connectivity index (χ1v) is 3.85. The molecule has 66 valence electrons. The van der Waals surface area contributed by atoms with Gasteiger partial charge in [-0.25, -0.2) is 0 Å². The lowest BCUT2D eigenvalue weighted by atomic mass is 10.1. The van der Waals surface area contributed by atoms with Crippen LogP contribution in [0.4, 0.5) is 0 Å². The zero-order valence-electron chi connectivity index (χ0n) is 7.20. The van der Waals surface area contributed by atoms with Crippen LogP contribution < -0.4 is 5.73 Å². The fourth-order valence-corrected chi connectivity index (χ4v) is 0.797. The van der Waals surface area contributed by atoms with E-state index in [-0.39, 0.29) is 18.2 Å². The quantitative estimate of drug-likeness (QED) is 0.682. The Balaban J connectivity index is 2.84. The number of carbonyl (C=O) groups is 1. The molecule has 0 bridgehead atoms. The van der Waals surface area contributed by atoms with Gasteiger partial charge in [-0.3, -0.25) is 4.79 Å². The van der Waals surface area contributed by atoms with Crippen LogP contribution in [0.2, 0.25) is 0 Å². The Hall–Kier alpha value is -1.16. The molecule has 0 unspecified atom stereocenters. The average molecular weight is 168 g/mol. The SMILES string of the molecule is CC(C)c1cc(C(=O)CN)no1. The van der Waals surface area contributed by atoms with Gasteiger partial charge in [-0.15, -0.1) is 0 Å². The van der Waals surface area contributed by atoms with Gasteiger partial charge in [0.05, 0.1) is 6.54 Å². The van der Waals surface area contributed by atoms with Gasteiger partial charge in [-0.2, -0.15) is 0 Å². The zero-order chi connectivity index (χ0) is 9.14. The van der Waals surface area contributed by atoms with Crippen molar-refractivity contribution in [1.29, 1.82) is 0 Å². The summed E-state index contributed by atoms with van der Waals surface area (Å²) in [6.45, 7) is 3.92. The van der Waals surface area contributed by atoms with E-state index in [1.165, 1.54) is 0 Å². The standard InChI is InChI=1S/C8H12N2O2/c1-5(2)8-3-6(10-12-8)7(11)4-9/h3,5H,4,9H2,1-2H3. The fourth-order valence-electron chi connectivity index (χ4n) is 0.797. The average Bonchev–Trinajstić information content (AvgIpc) is 2.51. The zero-order valence-corrected chi connectivity index (χ0v) is 7.20. The van der Waals surface area contributed by atoms with E-state index in [1.54, 1.807) is 6.07 Å². The van der Waals surface area contributed by atoms with Crippen molar-refractivity contribution in [1.82, 2.24) is 5.16 Å². The second-order valence-corrected chi connectivity index (χ2v) is 2.90. The minimum absolute atomic E-state index is 0.0237. The molecule has 0 aliphatic rings. The van der Waals surface area contributed by atoms with Crippen molar-refractivity contribution in [2.24, 2.45) is 5.73 Å². The summed E-state index contributed by atoms with van der Waals surface area (Å²) in [6, 6.07) is 1.64. The van der Waals surface area contributed by atoms with Crippen LogP contribution in [0.1, 0.15) is 36.0 Å². The van der Waals surface area contributed by atoms with Gasteiger partial charge in [0.1, 0.15) is 5.76 Å². The molecular weight excluding hydrogens is 156 g/mol. The van der Waals surface area contributed by atoms with E-state index in [4.69, 9.17) is 10.3 Å². The van der Waals surface area contributed by atoms with E-state index in [0.29, 0.717) is 11.5 Å². The summed E-state index contributed by atoms with van der Waals surface area (Å²) in [5.41, 5.74) is 5.48. The van der Waals surface area contributed by atoms with Gasteiger partial charge >= 0.3 is 0 Å². The van der Waals surface area contributed by atoms with Crippen molar-refractivity contribution < 1.29 is 9.32 Å². The summed E-state index contributed by atoms with van der Waals surface area (Å²) >= 11 is 0. The van der Waals surface area contributed by atoms with Crippen molar-refractivity contribution in [3.05, 3.63) is 17.5 Å². The first kappa shape index (κ1) is 8.93. The first-order chi connectivity index (χ1) is 5.65. The molecule has 1 rings (SSSR count). The number of hydrogen-bond donors (Lipinski definition) is 1. The molecule has 0 aliphatic heterocycles. The Morgan fingerprint density at radius 2 is 2.42 bits per heavy atom. The molecule has 1 aromatic rings. The lowest BCUT2D eigenvalue weighted by Gasteiger charge is -1.93. The van der Waals surface area contributed by atoms with Crippen LogP contribution in [0.25, 0.3) is 0 Å². The van der Waals surface area contributed by atoms with Crippen LogP contribution in [0.15, 0.2) is 10.6 Å². The van der Waals surface area contributed by atoms with Crippen LogP contribution in [0.3, 0.4) is 0 Å². The van der Waals surface area contributed by atoms with E-state index in [2.05, 4.69) is 5.16 Å². The Morgan fingerprint density at radius 1 is 1.75 bits per heavy atom. The predicted octanol–water partition coefficient (Wildman–Crippen LogP) is 0.939. The molecule has 0 saturated carbocycles. The Labute approximate surface area is 70.7 Å². The van der Waals surface area contributed by atoms with Crippen LogP contribution in [-0.4, -0.2) is 17.5 Å². The molecule has 0 atom stereocenters. The topological polar surface area (TPSA) is 69.1 Å². The normalized spacial score (nSPS) is 10.7. The minimum Gasteiger partial charge on any atom is -0.360 e. The Bertz CT molecular complexity index is 278. The minimum atomic E-state index is -0.189. The molecule has 0 aromatic carbocycles. The van der Waals surface area contributed by atoms with E-state index in [1.807, 2.05) is 13.8 Å². The van der Waals surface area contributed by atoms with E-state index < -0.39 is 0 Å². The van der Waals surface area contributed by atoms with Gasteiger partial charge in [0.25, 0.3) is 0 Å². The number of rotatable bonds is 3.